The summed E-state index contributed by atoms with van der Waals surface area (Å²) in [6, 6.07) is 14.2. The molecular formula is C14H12FN3. The molecule has 3 aromatic rings. The summed E-state index contributed by atoms with van der Waals surface area (Å²) in [6.07, 6.45) is 0. The molecule has 0 radical (unpaired) electrons. The van der Waals surface area contributed by atoms with Crippen molar-refractivity contribution in [1.82, 2.24) is 9.78 Å². The summed E-state index contributed by atoms with van der Waals surface area (Å²) in [6.45, 7) is 0.581. The average molecular weight is 241 g/mol. The third kappa shape index (κ3) is 1.82. The molecule has 0 atom stereocenters. The number of hydrogen-bond donors (Lipinski definition) is 1. The fourth-order valence-electron chi connectivity index (χ4n) is 2.04. The number of nitrogens with zero attached hydrogens (tertiary/aromatic N) is 2. The van der Waals surface area contributed by atoms with Gasteiger partial charge < -0.3 is 5.73 Å². The van der Waals surface area contributed by atoms with Gasteiger partial charge in [-0.3, -0.25) is 4.68 Å². The first-order valence-electron chi connectivity index (χ1n) is 5.69. The van der Waals surface area contributed by atoms with Crippen molar-refractivity contribution < 1.29 is 4.39 Å². The molecule has 2 aromatic carbocycles. The highest BCUT2D eigenvalue weighted by Gasteiger charge is 2.07. The highest BCUT2D eigenvalue weighted by atomic mass is 19.1. The molecule has 1 heterocycles. The number of anilines is 1. The van der Waals surface area contributed by atoms with E-state index in [2.05, 4.69) is 5.10 Å². The van der Waals surface area contributed by atoms with Crippen LogP contribution < -0.4 is 5.73 Å². The topological polar surface area (TPSA) is 43.8 Å². The highest BCUT2D eigenvalue weighted by Crippen LogP contribution is 2.20. The maximum atomic E-state index is 12.8. The largest absolute Gasteiger partial charge is 0.382 e. The van der Waals surface area contributed by atoms with Crippen LogP contribution in [0.3, 0.4) is 0 Å². The first kappa shape index (κ1) is 10.8. The molecule has 3 rings (SSSR count). The number of aromatic nitrogens is 2. The minimum Gasteiger partial charge on any atom is -0.382 e. The molecule has 0 saturated heterocycles. The van der Waals surface area contributed by atoms with Gasteiger partial charge >= 0.3 is 0 Å². The van der Waals surface area contributed by atoms with E-state index in [1.165, 1.54) is 12.1 Å². The van der Waals surface area contributed by atoms with Gasteiger partial charge in [0.25, 0.3) is 0 Å². The van der Waals surface area contributed by atoms with Gasteiger partial charge in [0, 0.05) is 5.39 Å². The number of rotatable bonds is 2. The van der Waals surface area contributed by atoms with Crippen LogP contribution in [0.1, 0.15) is 5.56 Å². The average Bonchev–Trinajstić information content (AvgIpc) is 2.70. The second-order valence-electron chi connectivity index (χ2n) is 4.19. The van der Waals surface area contributed by atoms with Gasteiger partial charge in [-0.15, -0.1) is 0 Å². The van der Waals surface area contributed by atoms with Gasteiger partial charge in [0.2, 0.25) is 0 Å². The van der Waals surface area contributed by atoms with Crippen LogP contribution in [0.4, 0.5) is 10.2 Å². The van der Waals surface area contributed by atoms with Crippen LogP contribution in [0.2, 0.25) is 0 Å². The zero-order chi connectivity index (χ0) is 12.5. The summed E-state index contributed by atoms with van der Waals surface area (Å²) in [5, 5.41) is 5.25. The van der Waals surface area contributed by atoms with E-state index in [1.54, 1.807) is 12.1 Å². The van der Waals surface area contributed by atoms with Gasteiger partial charge in [0.1, 0.15) is 5.82 Å². The number of para-hydroxylation sites is 1. The molecule has 0 bridgehead atoms. The molecule has 0 spiro atoms. The zero-order valence-electron chi connectivity index (χ0n) is 9.68. The van der Waals surface area contributed by atoms with Crippen molar-refractivity contribution >= 4 is 16.7 Å². The smallest absolute Gasteiger partial charge is 0.153 e. The maximum absolute atomic E-state index is 12.8. The molecule has 4 heteroatoms. The molecule has 0 unspecified atom stereocenters. The zero-order valence-corrected chi connectivity index (χ0v) is 9.68. The summed E-state index contributed by atoms with van der Waals surface area (Å²) in [5.41, 5.74) is 7.84. The van der Waals surface area contributed by atoms with Gasteiger partial charge in [-0.05, 0) is 29.8 Å². The van der Waals surface area contributed by atoms with E-state index in [0.717, 1.165) is 16.5 Å². The molecule has 0 aliphatic carbocycles. The molecule has 90 valence electrons. The molecule has 0 aliphatic rings. The van der Waals surface area contributed by atoms with Crippen molar-refractivity contribution in [3.63, 3.8) is 0 Å². The molecular weight excluding hydrogens is 229 g/mol. The van der Waals surface area contributed by atoms with Crippen molar-refractivity contribution in [2.45, 2.75) is 6.54 Å². The van der Waals surface area contributed by atoms with Crippen LogP contribution in [0.25, 0.3) is 10.9 Å². The minimum absolute atomic E-state index is 0.233. The van der Waals surface area contributed by atoms with E-state index >= 15 is 0 Å². The number of hydrogen-bond acceptors (Lipinski definition) is 2. The van der Waals surface area contributed by atoms with E-state index in [0.29, 0.717) is 12.4 Å². The predicted octanol–water partition coefficient (Wildman–Crippen LogP) is 2.81. The van der Waals surface area contributed by atoms with E-state index in [-0.39, 0.29) is 5.82 Å². The molecule has 2 N–H and O–H groups in total. The summed E-state index contributed by atoms with van der Waals surface area (Å²) < 4.78 is 14.7. The van der Waals surface area contributed by atoms with Gasteiger partial charge in [0.15, 0.2) is 5.82 Å². The molecule has 0 amide bonds. The third-order valence-electron chi connectivity index (χ3n) is 2.93. The minimum atomic E-state index is -0.233. The fourth-order valence-corrected chi connectivity index (χ4v) is 2.04. The van der Waals surface area contributed by atoms with Crippen LogP contribution in [-0.4, -0.2) is 9.78 Å². The Labute approximate surface area is 104 Å². The first-order valence-corrected chi connectivity index (χ1v) is 5.69. The van der Waals surface area contributed by atoms with E-state index in [9.17, 15) is 4.39 Å². The van der Waals surface area contributed by atoms with Crippen molar-refractivity contribution in [3.05, 3.63) is 59.9 Å². The second-order valence-corrected chi connectivity index (χ2v) is 4.19. The van der Waals surface area contributed by atoms with Crippen LogP contribution in [-0.2, 0) is 6.54 Å². The quantitative estimate of drug-likeness (QED) is 0.749. The molecule has 1 aromatic heterocycles. The lowest BCUT2D eigenvalue weighted by atomic mass is 10.2. The highest BCUT2D eigenvalue weighted by molar-refractivity contribution is 5.89. The predicted molar refractivity (Wildman–Crippen MR) is 69.6 cm³/mol. The summed E-state index contributed by atoms with van der Waals surface area (Å²) in [7, 11) is 0. The Morgan fingerprint density at radius 2 is 1.78 bits per heavy atom. The summed E-state index contributed by atoms with van der Waals surface area (Å²) in [4.78, 5) is 0. The normalized spacial score (nSPS) is 10.9. The van der Waals surface area contributed by atoms with E-state index in [4.69, 9.17) is 5.73 Å². The number of nitrogens with two attached hydrogens (primary N) is 1. The van der Waals surface area contributed by atoms with E-state index < -0.39 is 0 Å². The third-order valence-corrected chi connectivity index (χ3v) is 2.93. The van der Waals surface area contributed by atoms with Gasteiger partial charge in [0.05, 0.1) is 12.1 Å². The lowest BCUT2D eigenvalue weighted by Crippen LogP contribution is -2.02. The van der Waals surface area contributed by atoms with Crippen molar-refractivity contribution in [1.29, 1.82) is 0 Å². The van der Waals surface area contributed by atoms with Crippen molar-refractivity contribution in [2.75, 3.05) is 5.73 Å². The monoisotopic (exact) mass is 241 g/mol. The summed E-state index contributed by atoms with van der Waals surface area (Å²) in [5.74, 6) is 0.288. The molecule has 0 saturated carbocycles. The van der Waals surface area contributed by atoms with Gasteiger partial charge in [-0.2, -0.15) is 5.10 Å². The Hall–Kier alpha value is -2.36. The number of benzene rings is 2. The second kappa shape index (κ2) is 4.14. The number of nitrogen functional groups attached to an aromatic ring is 1. The molecule has 0 aliphatic heterocycles. The van der Waals surface area contributed by atoms with Crippen molar-refractivity contribution in [2.24, 2.45) is 0 Å². The van der Waals surface area contributed by atoms with Gasteiger partial charge in [-0.25, -0.2) is 4.39 Å². The number of halogens is 1. The molecule has 3 nitrogen and oxygen atoms in total. The summed E-state index contributed by atoms with van der Waals surface area (Å²) >= 11 is 0. The Morgan fingerprint density at radius 3 is 2.56 bits per heavy atom. The van der Waals surface area contributed by atoms with Crippen LogP contribution in [0, 0.1) is 5.82 Å². The number of fused-ring (bicyclic) bond motifs is 1. The standard InChI is InChI=1S/C14H12FN3/c15-11-7-5-10(6-8-11)9-18-13-4-2-1-3-12(13)14(16)17-18/h1-8H,9H2,(H2,16,17). The van der Waals surface area contributed by atoms with Crippen LogP contribution in [0.5, 0.6) is 0 Å². The van der Waals surface area contributed by atoms with E-state index in [1.807, 2.05) is 28.9 Å². The first-order chi connectivity index (χ1) is 8.74. The Kier molecular flexibility index (Phi) is 2.48. The molecule has 0 fully saturated rings. The SMILES string of the molecule is Nc1nn(Cc2ccc(F)cc2)c2ccccc12. The van der Waals surface area contributed by atoms with Crippen LogP contribution in [0.15, 0.2) is 48.5 Å². The Morgan fingerprint density at radius 1 is 1.06 bits per heavy atom. The molecule has 18 heavy (non-hydrogen) atoms. The van der Waals surface area contributed by atoms with Crippen molar-refractivity contribution in [3.8, 4) is 0 Å². The van der Waals surface area contributed by atoms with Gasteiger partial charge in [-0.1, -0.05) is 24.3 Å². The fraction of sp³-hybridized carbons (Fsp3) is 0.0714. The maximum Gasteiger partial charge on any atom is 0.153 e. The Balaban J connectivity index is 2.02. The lowest BCUT2D eigenvalue weighted by molar-refractivity contribution is 0.625. The van der Waals surface area contributed by atoms with Crippen LogP contribution >= 0.6 is 0 Å². The lowest BCUT2D eigenvalue weighted by Gasteiger charge is -2.03. The Bertz CT molecular complexity index is 686.